The maximum Gasteiger partial charge on any atom is 0.321 e. The summed E-state index contributed by atoms with van der Waals surface area (Å²) in [5.41, 5.74) is 0. The largest absolute Gasteiger partial charge is 0.341 e. The molecule has 1 rings (SSSR count). The molecular formula is C10H19N3O4S. The number of nitrogens with one attached hydrogen (secondary N) is 3. The molecule has 3 amide bonds. The maximum atomic E-state index is 11.5. The van der Waals surface area contributed by atoms with Crippen molar-refractivity contribution in [3.05, 3.63) is 0 Å². The van der Waals surface area contributed by atoms with Gasteiger partial charge in [-0.3, -0.25) is 10.1 Å². The van der Waals surface area contributed by atoms with Crippen LogP contribution in [-0.4, -0.2) is 51.5 Å². The van der Waals surface area contributed by atoms with Gasteiger partial charge in [-0.05, 0) is 25.8 Å². The van der Waals surface area contributed by atoms with Gasteiger partial charge in [0.1, 0.15) is 0 Å². The number of carbonyl (C=O) groups is 2. The quantitative estimate of drug-likeness (QED) is 0.602. The normalized spacial score (nSPS) is 23.3. The summed E-state index contributed by atoms with van der Waals surface area (Å²) < 4.78 is 22.5. The van der Waals surface area contributed by atoms with Gasteiger partial charge in [-0.25, -0.2) is 13.2 Å². The van der Waals surface area contributed by atoms with Crippen molar-refractivity contribution < 1.29 is 18.0 Å². The van der Waals surface area contributed by atoms with E-state index in [9.17, 15) is 18.0 Å². The van der Waals surface area contributed by atoms with Gasteiger partial charge in [0.25, 0.3) is 0 Å². The number of imide groups is 1. The molecule has 1 aliphatic heterocycles. The van der Waals surface area contributed by atoms with Crippen LogP contribution >= 0.6 is 0 Å². The Morgan fingerprint density at radius 3 is 2.56 bits per heavy atom. The summed E-state index contributed by atoms with van der Waals surface area (Å²) in [6, 6.07) is -1.09. The van der Waals surface area contributed by atoms with E-state index in [0.717, 1.165) is 0 Å². The van der Waals surface area contributed by atoms with Gasteiger partial charge in [0.15, 0.2) is 9.84 Å². The van der Waals surface area contributed by atoms with Crippen LogP contribution in [-0.2, 0) is 14.6 Å². The van der Waals surface area contributed by atoms with Crippen molar-refractivity contribution in [2.24, 2.45) is 5.92 Å². The van der Waals surface area contributed by atoms with E-state index in [-0.39, 0.29) is 17.4 Å². The molecular weight excluding hydrogens is 258 g/mol. The van der Waals surface area contributed by atoms with Crippen molar-refractivity contribution in [2.45, 2.75) is 19.4 Å². The summed E-state index contributed by atoms with van der Waals surface area (Å²) in [7, 11) is -1.47. The van der Waals surface area contributed by atoms with Crippen LogP contribution in [0.5, 0.6) is 0 Å². The van der Waals surface area contributed by atoms with Gasteiger partial charge in [-0.1, -0.05) is 0 Å². The number of amides is 3. The molecule has 0 saturated carbocycles. The molecule has 0 bridgehead atoms. The zero-order valence-electron chi connectivity index (χ0n) is 10.5. The zero-order chi connectivity index (χ0) is 13.8. The van der Waals surface area contributed by atoms with Crippen molar-refractivity contribution in [2.75, 3.05) is 25.1 Å². The molecule has 2 unspecified atom stereocenters. The molecule has 0 aliphatic carbocycles. The fraction of sp³-hybridized carbons (Fsp3) is 0.800. The highest BCUT2D eigenvalue weighted by molar-refractivity contribution is 7.91. The molecule has 18 heavy (non-hydrogen) atoms. The fourth-order valence-electron chi connectivity index (χ4n) is 1.75. The standard InChI is InChI=1S/C10H19N3O4S/c1-7(9(14)13-10(15)11-2)12-5-8-3-4-18(16,17)6-8/h7-8,12H,3-6H2,1-2H3,(H2,11,13,14,15). The first-order valence-electron chi connectivity index (χ1n) is 5.80. The molecule has 0 aromatic carbocycles. The Hall–Kier alpha value is -1.15. The molecule has 3 N–H and O–H groups in total. The van der Waals surface area contributed by atoms with Gasteiger partial charge in [-0.15, -0.1) is 0 Å². The maximum absolute atomic E-state index is 11.5. The van der Waals surface area contributed by atoms with Crippen molar-refractivity contribution in [1.29, 1.82) is 0 Å². The third-order valence-corrected chi connectivity index (χ3v) is 4.73. The third-order valence-electron chi connectivity index (χ3n) is 2.90. The third kappa shape index (κ3) is 4.61. The van der Waals surface area contributed by atoms with E-state index in [2.05, 4.69) is 16.0 Å². The summed E-state index contributed by atoms with van der Waals surface area (Å²) in [6.07, 6.45) is 0.624. The van der Waals surface area contributed by atoms with E-state index in [1.807, 2.05) is 0 Å². The second-order valence-electron chi connectivity index (χ2n) is 4.47. The smallest absolute Gasteiger partial charge is 0.321 e. The summed E-state index contributed by atoms with van der Waals surface area (Å²) in [5.74, 6) is 0.00236. The molecule has 0 aromatic heterocycles. The van der Waals surface area contributed by atoms with Crippen LogP contribution in [0.1, 0.15) is 13.3 Å². The monoisotopic (exact) mass is 277 g/mol. The molecule has 104 valence electrons. The SMILES string of the molecule is CNC(=O)NC(=O)C(C)NCC1CCS(=O)(=O)C1. The summed E-state index contributed by atoms with van der Waals surface area (Å²) in [6.45, 7) is 2.09. The second-order valence-corrected chi connectivity index (χ2v) is 6.70. The Morgan fingerprint density at radius 2 is 2.06 bits per heavy atom. The first-order valence-corrected chi connectivity index (χ1v) is 7.62. The molecule has 1 aliphatic rings. The van der Waals surface area contributed by atoms with Crippen LogP contribution in [0, 0.1) is 5.92 Å². The number of rotatable bonds is 4. The second kappa shape index (κ2) is 6.14. The van der Waals surface area contributed by atoms with Crippen LogP contribution in [0.15, 0.2) is 0 Å². The number of sulfone groups is 1. The number of hydrogen-bond donors (Lipinski definition) is 3. The number of carbonyl (C=O) groups excluding carboxylic acids is 2. The minimum Gasteiger partial charge on any atom is -0.341 e. The fourth-order valence-corrected chi connectivity index (χ4v) is 3.61. The van der Waals surface area contributed by atoms with E-state index in [0.29, 0.717) is 13.0 Å². The van der Waals surface area contributed by atoms with Crippen LogP contribution in [0.4, 0.5) is 4.79 Å². The van der Waals surface area contributed by atoms with E-state index in [1.54, 1.807) is 6.92 Å². The lowest BCUT2D eigenvalue weighted by Gasteiger charge is -2.15. The molecule has 8 heteroatoms. The molecule has 0 aromatic rings. The molecule has 0 radical (unpaired) electrons. The zero-order valence-corrected chi connectivity index (χ0v) is 11.3. The van der Waals surface area contributed by atoms with Gasteiger partial charge in [0, 0.05) is 7.05 Å². The highest BCUT2D eigenvalue weighted by Crippen LogP contribution is 2.17. The minimum atomic E-state index is -2.89. The minimum absolute atomic E-state index is 0.0465. The summed E-state index contributed by atoms with van der Waals surface area (Å²) in [5, 5.41) is 7.37. The van der Waals surface area contributed by atoms with Gasteiger partial charge in [0.2, 0.25) is 5.91 Å². The molecule has 1 heterocycles. The molecule has 2 atom stereocenters. The molecule has 0 spiro atoms. The predicted molar refractivity (Wildman–Crippen MR) is 66.8 cm³/mol. The van der Waals surface area contributed by atoms with E-state index in [4.69, 9.17) is 0 Å². The Bertz CT molecular complexity index is 421. The van der Waals surface area contributed by atoms with Gasteiger partial charge in [0.05, 0.1) is 17.5 Å². The van der Waals surface area contributed by atoms with Crippen molar-refractivity contribution in [3.63, 3.8) is 0 Å². The molecule has 7 nitrogen and oxygen atoms in total. The van der Waals surface area contributed by atoms with E-state index < -0.39 is 27.8 Å². The lowest BCUT2D eigenvalue weighted by molar-refractivity contribution is -0.121. The Morgan fingerprint density at radius 1 is 1.39 bits per heavy atom. The van der Waals surface area contributed by atoms with E-state index >= 15 is 0 Å². The average molecular weight is 277 g/mol. The molecule has 1 fully saturated rings. The molecule has 1 saturated heterocycles. The number of hydrogen-bond acceptors (Lipinski definition) is 5. The topological polar surface area (TPSA) is 104 Å². The highest BCUT2D eigenvalue weighted by Gasteiger charge is 2.28. The Balaban J connectivity index is 2.31. The lowest BCUT2D eigenvalue weighted by Crippen LogP contribution is -2.48. The van der Waals surface area contributed by atoms with Crippen LogP contribution in [0.25, 0.3) is 0 Å². The van der Waals surface area contributed by atoms with Gasteiger partial charge in [-0.2, -0.15) is 0 Å². The number of urea groups is 1. The summed E-state index contributed by atoms with van der Waals surface area (Å²) in [4.78, 5) is 22.4. The Labute approximate surface area is 107 Å². The van der Waals surface area contributed by atoms with Gasteiger partial charge >= 0.3 is 6.03 Å². The lowest BCUT2D eigenvalue weighted by atomic mass is 10.1. The van der Waals surface area contributed by atoms with Crippen LogP contribution in [0.3, 0.4) is 0 Å². The van der Waals surface area contributed by atoms with Crippen molar-refractivity contribution in [3.8, 4) is 0 Å². The van der Waals surface area contributed by atoms with Crippen molar-refractivity contribution in [1.82, 2.24) is 16.0 Å². The first-order chi connectivity index (χ1) is 8.34. The first kappa shape index (κ1) is 14.9. The predicted octanol–water partition coefficient (Wildman–Crippen LogP) is -1.15. The van der Waals surface area contributed by atoms with Crippen molar-refractivity contribution >= 4 is 21.8 Å². The van der Waals surface area contributed by atoms with Crippen LogP contribution in [0.2, 0.25) is 0 Å². The van der Waals surface area contributed by atoms with Crippen LogP contribution < -0.4 is 16.0 Å². The average Bonchev–Trinajstić information content (AvgIpc) is 2.65. The van der Waals surface area contributed by atoms with Gasteiger partial charge < -0.3 is 10.6 Å². The highest BCUT2D eigenvalue weighted by atomic mass is 32.2. The van der Waals surface area contributed by atoms with E-state index in [1.165, 1.54) is 7.05 Å². The Kier molecular flexibility index (Phi) is 5.09. The summed E-state index contributed by atoms with van der Waals surface area (Å²) >= 11 is 0.